The third-order valence-electron chi connectivity index (χ3n) is 7.41. The molecule has 3 aromatic carbocycles. The van der Waals surface area contributed by atoms with E-state index in [-0.39, 0.29) is 11.4 Å². The average Bonchev–Trinajstić information content (AvgIpc) is 3.19. The van der Waals surface area contributed by atoms with E-state index in [1.165, 1.54) is 16.7 Å². The molecule has 0 saturated carbocycles. The Morgan fingerprint density at radius 1 is 0.943 bits per heavy atom. The molecule has 2 aliphatic rings. The van der Waals surface area contributed by atoms with Crippen molar-refractivity contribution in [3.8, 4) is 11.5 Å². The van der Waals surface area contributed by atoms with Gasteiger partial charge < -0.3 is 14.8 Å². The summed E-state index contributed by atoms with van der Waals surface area (Å²) in [6.07, 6.45) is 2.01. The molecule has 35 heavy (non-hydrogen) atoms. The number of methoxy groups -OCH3 is 2. The fourth-order valence-electron chi connectivity index (χ4n) is 5.46. The molecule has 1 N–H and O–H groups in total. The van der Waals surface area contributed by atoms with E-state index >= 15 is 0 Å². The first-order chi connectivity index (χ1) is 17.0. The molecule has 2 amide bonds. The van der Waals surface area contributed by atoms with Gasteiger partial charge in [0.05, 0.1) is 14.2 Å². The molecule has 0 unspecified atom stereocenters. The number of aryl methyl sites for hydroxylation is 1. The number of ether oxygens (including phenoxy) is 2. The van der Waals surface area contributed by atoms with E-state index in [9.17, 15) is 4.79 Å². The summed E-state index contributed by atoms with van der Waals surface area (Å²) >= 11 is 0. The van der Waals surface area contributed by atoms with E-state index in [4.69, 9.17) is 9.47 Å². The van der Waals surface area contributed by atoms with Gasteiger partial charge in [-0.25, -0.2) is 4.79 Å². The molecule has 2 aliphatic heterocycles. The lowest BCUT2D eigenvalue weighted by atomic mass is 9.74. The van der Waals surface area contributed by atoms with Gasteiger partial charge in [0.15, 0.2) is 0 Å². The number of carbonyl (C=O) groups is 1. The summed E-state index contributed by atoms with van der Waals surface area (Å²) in [5, 5.41) is 3.06. The quantitative estimate of drug-likeness (QED) is 0.526. The molecule has 0 bridgehead atoms. The zero-order valence-electron chi connectivity index (χ0n) is 20.7. The minimum absolute atomic E-state index is 0.0653. The first kappa shape index (κ1) is 23.2. The molecule has 182 valence electrons. The molecular formula is C29H33N3O3. The fraction of sp³-hybridized carbons (Fsp3) is 0.345. The van der Waals surface area contributed by atoms with Crippen molar-refractivity contribution < 1.29 is 14.3 Å². The molecule has 0 aliphatic carbocycles. The van der Waals surface area contributed by atoms with Crippen molar-refractivity contribution in [2.24, 2.45) is 0 Å². The van der Waals surface area contributed by atoms with Crippen LogP contribution in [0.4, 0.5) is 16.2 Å². The predicted octanol–water partition coefficient (Wildman–Crippen LogP) is 5.60. The highest BCUT2D eigenvalue weighted by Crippen LogP contribution is 2.48. The summed E-state index contributed by atoms with van der Waals surface area (Å²) < 4.78 is 10.8. The summed E-state index contributed by atoms with van der Waals surface area (Å²) in [5.41, 5.74) is 5.53. The monoisotopic (exact) mass is 471 g/mol. The van der Waals surface area contributed by atoms with Gasteiger partial charge >= 0.3 is 6.03 Å². The van der Waals surface area contributed by atoms with Crippen LogP contribution in [-0.4, -0.2) is 44.8 Å². The van der Waals surface area contributed by atoms with Gasteiger partial charge in [0.1, 0.15) is 11.5 Å². The molecule has 1 spiro atoms. The highest BCUT2D eigenvalue weighted by Gasteiger charge is 2.46. The van der Waals surface area contributed by atoms with E-state index in [1.54, 1.807) is 14.2 Å². The molecule has 3 aromatic rings. The van der Waals surface area contributed by atoms with Crippen molar-refractivity contribution in [1.82, 2.24) is 4.90 Å². The Kier molecular flexibility index (Phi) is 6.39. The van der Waals surface area contributed by atoms with Crippen LogP contribution in [0.5, 0.6) is 11.5 Å². The predicted molar refractivity (Wildman–Crippen MR) is 140 cm³/mol. The largest absolute Gasteiger partial charge is 0.497 e. The summed E-state index contributed by atoms with van der Waals surface area (Å²) in [5.74, 6) is 1.60. The van der Waals surface area contributed by atoms with Gasteiger partial charge in [-0.15, -0.1) is 0 Å². The number of urea groups is 1. The van der Waals surface area contributed by atoms with E-state index in [0.717, 1.165) is 55.3 Å². The number of fused-ring (bicyclic) bond motifs is 2. The molecule has 6 nitrogen and oxygen atoms in total. The number of anilines is 2. The van der Waals surface area contributed by atoms with Crippen LogP contribution in [0.15, 0.2) is 66.7 Å². The molecule has 0 atom stereocenters. The Hall–Kier alpha value is -3.51. The van der Waals surface area contributed by atoms with Crippen molar-refractivity contribution in [2.75, 3.05) is 44.1 Å². The number of nitrogens with one attached hydrogen (secondary N) is 1. The maximum atomic E-state index is 13.4. The Morgan fingerprint density at radius 2 is 1.66 bits per heavy atom. The minimum Gasteiger partial charge on any atom is -0.497 e. The molecule has 2 heterocycles. The zero-order chi connectivity index (χ0) is 24.4. The number of hydrogen-bond donors (Lipinski definition) is 1. The minimum atomic E-state index is -0.111. The van der Waals surface area contributed by atoms with E-state index < -0.39 is 0 Å². The number of piperidine rings is 1. The summed E-state index contributed by atoms with van der Waals surface area (Å²) in [6, 6.07) is 22.2. The van der Waals surface area contributed by atoms with Crippen LogP contribution in [0.25, 0.3) is 0 Å². The van der Waals surface area contributed by atoms with Crippen LogP contribution in [0.2, 0.25) is 0 Å². The Labute approximate surface area is 207 Å². The Balaban J connectivity index is 1.34. The highest BCUT2D eigenvalue weighted by molar-refractivity contribution is 6.03. The van der Waals surface area contributed by atoms with Gasteiger partial charge in [-0.3, -0.25) is 9.80 Å². The lowest BCUT2D eigenvalue weighted by Gasteiger charge is -2.40. The third kappa shape index (κ3) is 4.71. The van der Waals surface area contributed by atoms with Crippen LogP contribution in [-0.2, 0) is 12.0 Å². The third-order valence-corrected chi connectivity index (χ3v) is 7.41. The summed E-state index contributed by atoms with van der Waals surface area (Å²) in [7, 11) is 3.33. The molecular weight excluding hydrogens is 438 g/mol. The zero-order valence-corrected chi connectivity index (χ0v) is 20.7. The average molecular weight is 472 g/mol. The standard InChI is InChI=1S/C29H33N3O3/c1-21-5-4-6-22(17-21)19-31-15-13-29(14-16-31)20-32(27-12-11-25(35-3)18-26(27)29)28(33)30-23-7-9-24(34-2)10-8-23/h4-12,17-18H,13-16,19-20H2,1-3H3,(H,30,33). The molecule has 0 aromatic heterocycles. The van der Waals surface area contributed by atoms with Crippen LogP contribution in [0.3, 0.4) is 0 Å². The second kappa shape index (κ2) is 9.62. The number of rotatable bonds is 5. The van der Waals surface area contributed by atoms with Crippen LogP contribution < -0.4 is 19.7 Å². The first-order valence-electron chi connectivity index (χ1n) is 12.2. The summed E-state index contributed by atoms with van der Waals surface area (Å²) in [6.45, 7) is 5.78. The SMILES string of the molecule is COc1ccc(NC(=O)N2CC3(CCN(Cc4cccc(C)c4)CC3)c3cc(OC)ccc32)cc1. The number of amides is 2. The number of nitrogens with zero attached hydrogens (tertiary/aromatic N) is 2. The van der Waals surface area contributed by atoms with Crippen molar-refractivity contribution in [2.45, 2.75) is 31.7 Å². The van der Waals surface area contributed by atoms with Crippen LogP contribution in [0, 0.1) is 6.92 Å². The van der Waals surface area contributed by atoms with Crippen LogP contribution in [0.1, 0.15) is 29.5 Å². The van der Waals surface area contributed by atoms with Gasteiger partial charge in [0, 0.05) is 29.9 Å². The number of hydrogen-bond acceptors (Lipinski definition) is 4. The summed E-state index contributed by atoms with van der Waals surface area (Å²) in [4.78, 5) is 17.8. The molecule has 6 heteroatoms. The second-order valence-electron chi connectivity index (χ2n) is 9.67. The van der Waals surface area contributed by atoms with Gasteiger partial charge in [-0.2, -0.15) is 0 Å². The second-order valence-corrected chi connectivity index (χ2v) is 9.67. The lowest BCUT2D eigenvalue weighted by molar-refractivity contribution is 0.160. The topological polar surface area (TPSA) is 54.0 Å². The first-order valence-corrected chi connectivity index (χ1v) is 12.2. The Bertz CT molecular complexity index is 1200. The van der Waals surface area contributed by atoms with E-state index in [0.29, 0.717) is 6.54 Å². The number of benzene rings is 3. The van der Waals surface area contributed by atoms with E-state index in [1.807, 2.05) is 41.3 Å². The van der Waals surface area contributed by atoms with Crippen molar-refractivity contribution in [1.29, 1.82) is 0 Å². The van der Waals surface area contributed by atoms with Gasteiger partial charge in [0.25, 0.3) is 0 Å². The van der Waals surface area contributed by atoms with Crippen molar-refractivity contribution in [3.63, 3.8) is 0 Å². The van der Waals surface area contributed by atoms with Crippen molar-refractivity contribution >= 4 is 17.4 Å². The van der Waals surface area contributed by atoms with E-state index in [2.05, 4.69) is 47.5 Å². The smallest absolute Gasteiger partial charge is 0.326 e. The maximum Gasteiger partial charge on any atom is 0.326 e. The van der Waals surface area contributed by atoms with Gasteiger partial charge in [-0.05, 0) is 86.4 Å². The molecule has 5 rings (SSSR count). The number of carbonyl (C=O) groups excluding carboxylic acids is 1. The maximum absolute atomic E-state index is 13.4. The van der Waals surface area contributed by atoms with Gasteiger partial charge in [-0.1, -0.05) is 29.8 Å². The van der Waals surface area contributed by atoms with Gasteiger partial charge in [0.2, 0.25) is 0 Å². The molecule has 0 radical (unpaired) electrons. The van der Waals surface area contributed by atoms with Crippen molar-refractivity contribution in [3.05, 3.63) is 83.4 Å². The number of likely N-dealkylation sites (tertiary alicyclic amines) is 1. The fourth-order valence-corrected chi connectivity index (χ4v) is 5.46. The lowest BCUT2D eigenvalue weighted by Crippen LogP contribution is -2.46. The Morgan fingerprint density at radius 3 is 2.34 bits per heavy atom. The molecule has 1 saturated heterocycles. The molecule has 1 fully saturated rings. The highest BCUT2D eigenvalue weighted by atomic mass is 16.5. The normalized spacial score (nSPS) is 16.7. The van der Waals surface area contributed by atoms with Crippen LogP contribution >= 0.6 is 0 Å².